The van der Waals surface area contributed by atoms with Crippen LogP contribution >= 0.6 is 12.2 Å². The van der Waals surface area contributed by atoms with Crippen LogP contribution in [-0.2, 0) is 13.2 Å². The maximum absolute atomic E-state index is 5.92. The Morgan fingerprint density at radius 2 is 1.92 bits per heavy atom. The molecule has 130 valence electrons. The van der Waals surface area contributed by atoms with Gasteiger partial charge in [0, 0.05) is 0 Å². The number of aromatic nitrogens is 3. The highest BCUT2D eigenvalue weighted by Gasteiger charge is 2.07. The van der Waals surface area contributed by atoms with Gasteiger partial charge < -0.3 is 14.9 Å². The Hall–Kier alpha value is -2.80. The van der Waals surface area contributed by atoms with E-state index >= 15 is 0 Å². The quantitative estimate of drug-likeness (QED) is 0.603. The van der Waals surface area contributed by atoms with Crippen molar-refractivity contribution in [2.75, 3.05) is 12.0 Å². The minimum atomic E-state index is 0.503. The van der Waals surface area contributed by atoms with Crippen molar-refractivity contribution in [3.05, 3.63) is 70.8 Å². The molecule has 0 spiro atoms. The van der Waals surface area contributed by atoms with E-state index in [2.05, 4.69) is 15.6 Å². The summed E-state index contributed by atoms with van der Waals surface area (Å²) in [7, 11) is 0. The molecule has 0 fully saturated rings. The molecule has 2 N–H and O–H groups in total. The van der Waals surface area contributed by atoms with Gasteiger partial charge in [0.2, 0.25) is 4.77 Å². The molecule has 0 atom stereocenters. The third-order valence-electron chi connectivity index (χ3n) is 3.55. The van der Waals surface area contributed by atoms with E-state index in [9.17, 15) is 0 Å². The Kier molecular flexibility index (Phi) is 5.69. The summed E-state index contributed by atoms with van der Waals surface area (Å²) < 4.78 is 13.8. The number of aromatic amines is 1. The number of hydrogen-bond donors (Lipinski definition) is 2. The SMILES string of the molecule is CCOc1cc(CNn2cn[nH]c2=S)ccc1OCc1ccccc1. The second-order valence-electron chi connectivity index (χ2n) is 5.35. The van der Waals surface area contributed by atoms with Crippen LogP contribution in [0, 0.1) is 4.77 Å². The lowest BCUT2D eigenvalue weighted by molar-refractivity contribution is 0.269. The topological polar surface area (TPSA) is 64.1 Å². The van der Waals surface area contributed by atoms with E-state index in [1.807, 2.05) is 55.5 Å². The Balaban J connectivity index is 1.69. The summed E-state index contributed by atoms with van der Waals surface area (Å²) in [6, 6.07) is 16.0. The van der Waals surface area contributed by atoms with Crippen molar-refractivity contribution < 1.29 is 9.47 Å². The summed E-state index contributed by atoms with van der Waals surface area (Å²) in [5, 5.41) is 6.57. The molecule has 3 aromatic rings. The molecule has 7 heteroatoms. The van der Waals surface area contributed by atoms with Crippen molar-refractivity contribution in [3.8, 4) is 11.5 Å². The molecule has 0 amide bonds. The second kappa shape index (κ2) is 8.34. The first-order valence-corrected chi connectivity index (χ1v) is 8.45. The highest BCUT2D eigenvalue weighted by Crippen LogP contribution is 2.29. The fourth-order valence-electron chi connectivity index (χ4n) is 2.32. The lowest BCUT2D eigenvalue weighted by Crippen LogP contribution is -2.13. The predicted octanol–water partition coefficient (Wildman–Crippen LogP) is 3.66. The van der Waals surface area contributed by atoms with Gasteiger partial charge in [-0.1, -0.05) is 36.4 Å². The summed E-state index contributed by atoms with van der Waals surface area (Å²) in [5.74, 6) is 1.46. The number of nitrogens with zero attached hydrogens (tertiary/aromatic N) is 2. The standard InChI is InChI=1S/C18H20N4O2S/c1-2-23-17-10-15(11-20-22-13-19-21-18(22)25)8-9-16(17)24-12-14-6-4-3-5-7-14/h3-10,13,20H,2,11-12H2,1H3,(H,21,25). The van der Waals surface area contributed by atoms with Gasteiger partial charge in [-0.3, -0.25) is 5.10 Å². The molecule has 0 saturated heterocycles. The fraction of sp³-hybridized carbons (Fsp3) is 0.222. The van der Waals surface area contributed by atoms with Crippen LogP contribution in [0.5, 0.6) is 11.5 Å². The Bertz CT molecular complexity index is 861. The normalized spacial score (nSPS) is 10.4. The van der Waals surface area contributed by atoms with Crippen molar-refractivity contribution in [2.24, 2.45) is 0 Å². The molecule has 2 aromatic carbocycles. The van der Waals surface area contributed by atoms with Crippen molar-refractivity contribution >= 4 is 12.2 Å². The molecular weight excluding hydrogens is 336 g/mol. The molecule has 0 aliphatic rings. The highest BCUT2D eigenvalue weighted by molar-refractivity contribution is 7.71. The first-order chi connectivity index (χ1) is 12.3. The minimum absolute atomic E-state index is 0.503. The van der Waals surface area contributed by atoms with E-state index in [0.717, 1.165) is 22.6 Å². The largest absolute Gasteiger partial charge is 0.490 e. The average molecular weight is 356 g/mol. The second-order valence-corrected chi connectivity index (χ2v) is 5.74. The third-order valence-corrected chi connectivity index (χ3v) is 3.84. The van der Waals surface area contributed by atoms with Crippen molar-refractivity contribution in [2.45, 2.75) is 20.1 Å². The molecule has 0 unspecified atom stereocenters. The van der Waals surface area contributed by atoms with E-state index in [-0.39, 0.29) is 0 Å². The number of ether oxygens (including phenoxy) is 2. The van der Waals surface area contributed by atoms with E-state index in [1.54, 1.807) is 11.0 Å². The first-order valence-electron chi connectivity index (χ1n) is 8.04. The van der Waals surface area contributed by atoms with Gasteiger partial charge in [0.05, 0.1) is 13.2 Å². The summed E-state index contributed by atoms with van der Waals surface area (Å²) in [6.45, 7) is 3.62. The van der Waals surface area contributed by atoms with Crippen LogP contribution in [0.15, 0.2) is 54.9 Å². The molecule has 25 heavy (non-hydrogen) atoms. The number of benzene rings is 2. The van der Waals surface area contributed by atoms with Crippen LogP contribution in [-0.4, -0.2) is 21.5 Å². The van der Waals surface area contributed by atoms with Crippen LogP contribution < -0.4 is 14.9 Å². The van der Waals surface area contributed by atoms with Crippen LogP contribution in [0.1, 0.15) is 18.1 Å². The summed E-state index contributed by atoms with van der Waals surface area (Å²) in [5.41, 5.74) is 5.35. The van der Waals surface area contributed by atoms with Gasteiger partial charge in [0.15, 0.2) is 11.5 Å². The lowest BCUT2D eigenvalue weighted by Gasteiger charge is -2.14. The molecule has 0 radical (unpaired) electrons. The number of rotatable bonds is 8. The lowest BCUT2D eigenvalue weighted by atomic mass is 10.2. The molecule has 0 aliphatic heterocycles. The van der Waals surface area contributed by atoms with Gasteiger partial charge in [0.25, 0.3) is 0 Å². The van der Waals surface area contributed by atoms with E-state index in [0.29, 0.717) is 24.5 Å². The average Bonchev–Trinajstić information content (AvgIpc) is 3.05. The highest BCUT2D eigenvalue weighted by atomic mass is 32.1. The molecule has 1 aromatic heterocycles. The molecule has 3 rings (SSSR count). The smallest absolute Gasteiger partial charge is 0.214 e. The Morgan fingerprint density at radius 3 is 2.64 bits per heavy atom. The molecule has 0 aliphatic carbocycles. The summed E-state index contributed by atoms with van der Waals surface area (Å²) >= 11 is 5.11. The summed E-state index contributed by atoms with van der Waals surface area (Å²) in [6.07, 6.45) is 1.60. The van der Waals surface area contributed by atoms with Crippen LogP contribution in [0.4, 0.5) is 0 Å². The van der Waals surface area contributed by atoms with Gasteiger partial charge in [-0.25, -0.2) is 4.68 Å². The Labute approximate surface area is 151 Å². The van der Waals surface area contributed by atoms with Crippen molar-refractivity contribution in [3.63, 3.8) is 0 Å². The third kappa shape index (κ3) is 4.60. The first kappa shape index (κ1) is 17.0. The number of H-pyrrole nitrogens is 1. The van der Waals surface area contributed by atoms with Gasteiger partial charge in [0.1, 0.15) is 12.9 Å². The van der Waals surface area contributed by atoms with Gasteiger partial charge in [-0.05, 0) is 42.4 Å². The minimum Gasteiger partial charge on any atom is -0.490 e. The predicted molar refractivity (Wildman–Crippen MR) is 98.9 cm³/mol. The molecular formula is C18H20N4O2S. The van der Waals surface area contributed by atoms with Gasteiger partial charge in [-0.2, -0.15) is 5.10 Å². The Morgan fingerprint density at radius 1 is 1.08 bits per heavy atom. The van der Waals surface area contributed by atoms with Gasteiger partial charge in [-0.15, -0.1) is 0 Å². The maximum Gasteiger partial charge on any atom is 0.214 e. The number of nitrogens with one attached hydrogen (secondary N) is 2. The molecule has 1 heterocycles. The molecule has 0 bridgehead atoms. The van der Waals surface area contributed by atoms with Crippen LogP contribution in [0.2, 0.25) is 0 Å². The summed E-state index contributed by atoms with van der Waals surface area (Å²) in [4.78, 5) is 0. The van der Waals surface area contributed by atoms with E-state index in [4.69, 9.17) is 21.7 Å². The molecule has 6 nitrogen and oxygen atoms in total. The zero-order chi connectivity index (χ0) is 17.5. The maximum atomic E-state index is 5.92. The molecule has 0 saturated carbocycles. The monoisotopic (exact) mass is 356 g/mol. The van der Waals surface area contributed by atoms with Crippen molar-refractivity contribution in [1.82, 2.24) is 14.9 Å². The van der Waals surface area contributed by atoms with Gasteiger partial charge >= 0.3 is 0 Å². The van der Waals surface area contributed by atoms with Crippen molar-refractivity contribution in [1.29, 1.82) is 0 Å². The van der Waals surface area contributed by atoms with Crippen LogP contribution in [0.3, 0.4) is 0 Å². The zero-order valence-electron chi connectivity index (χ0n) is 13.9. The zero-order valence-corrected chi connectivity index (χ0v) is 14.8. The van der Waals surface area contributed by atoms with Crippen LogP contribution in [0.25, 0.3) is 0 Å². The fourth-order valence-corrected chi connectivity index (χ4v) is 2.49. The van der Waals surface area contributed by atoms with E-state index in [1.165, 1.54) is 0 Å². The van der Waals surface area contributed by atoms with E-state index < -0.39 is 0 Å². The number of hydrogen-bond acceptors (Lipinski definition) is 5.